The lowest BCUT2D eigenvalue weighted by molar-refractivity contribution is -0.883. The molecule has 0 heterocycles. The first kappa shape index (κ1) is 19.9. The minimum Gasteiger partial charge on any atom is -0.477 e. The second-order valence-corrected chi connectivity index (χ2v) is 8.00. The summed E-state index contributed by atoms with van der Waals surface area (Å²) in [5, 5.41) is 8.83. The van der Waals surface area contributed by atoms with Crippen molar-refractivity contribution in [2.45, 2.75) is 47.5 Å². The SMILES string of the molecule is CCC(C)(CC(C)(C)C)C(=O)OCC[N+](C)(C)CC(=O)O. The van der Waals surface area contributed by atoms with Crippen LogP contribution in [0.2, 0.25) is 0 Å². The third-order valence-electron chi connectivity index (χ3n) is 3.69. The van der Waals surface area contributed by atoms with E-state index in [1.807, 2.05) is 27.9 Å². The summed E-state index contributed by atoms with van der Waals surface area (Å²) >= 11 is 0. The fourth-order valence-electron chi connectivity index (χ4n) is 2.52. The Labute approximate surface area is 128 Å². The molecule has 0 saturated heterocycles. The van der Waals surface area contributed by atoms with E-state index in [-0.39, 0.29) is 24.5 Å². The molecule has 5 nitrogen and oxygen atoms in total. The maximum atomic E-state index is 12.3. The third-order valence-corrected chi connectivity index (χ3v) is 3.69. The van der Waals surface area contributed by atoms with Crippen LogP contribution in [0.25, 0.3) is 0 Å². The van der Waals surface area contributed by atoms with E-state index in [4.69, 9.17) is 9.84 Å². The smallest absolute Gasteiger partial charge is 0.359 e. The fourth-order valence-corrected chi connectivity index (χ4v) is 2.52. The van der Waals surface area contributed by atoms with Gasteiger partial charge in [0.15, 0.2) is 6.54 Å². The van der Waals surface area contributed by atoms with Gasteiger partial charge < -0.3 is 14.3 Å². The molecule has 0 aliphatic heterocycles. The molecule has 0 aliphatic rings. The van der Waals surface area contributed by atoms with Gasteiger partial charge in [0.25, 0.3) is 0 Å². The minimum absolute atomic E-state index is 0.0184. The number of ether oxygens (including phenoxy) is 1. The summed E-state index contributed by atoms with van der Waals surface area (Å²) in [6, 6.07) is 0. The quantitative estimate of drug-likeness (QED) is 0.553. The zero-order valence-corrected chi connectivity index (χ0v) is 14.7. The monoisotopic (exact) mass is 302 g/mol. The number of carbonyl (C=O) groups is 2. The van der Waals surface area contributed by atoms with Gasteiger partial charge in [-0.3, -0.25) is 4.79 Å². The van der Waals surface area contributed by atoms with Crippen LogP contribution < -0.4 is 0 Å². The number of quaternary nitrogens is 1. The Morgan fingerprint density at radius 3 is 2.05 bits per heavy atom. The molecule has 0 spiro atoms. The van der Waals surface area contributed by atoms with Crippen LogP contribution in [0.15, 0.2) is 0 Å². The highest BCUT2D eigenvalue weighted by Crippen LogP contribution is 2.37. The summed E-state index contributed by atoms with van der Waals surface area (Å²) in [5.41, 5.74) is -0.426. The van der Waals surface area contributed by atoms with Crippen LogP contribution in [0, 0.1) is 10.8 Å². The van der Waals surface area contributed by atoms with E-state index < -0.39 is 11.4 Å². The van der Waals surface area contributed by atoms with Gasteiger partial charge in [-0.25, -0.2) is 4.79 Å². The molecule has 0 amide bonds. The Bertz CT molecular complexity index is 371. The molecule has 0 aromatic rings. The van der Waals surface area contributed by atoms with Crippen LogP contribution >= 0.6 is 0 Å². The molecule has 5 heteroatoms. The molecule has 0 saturated carbocycles. The van der Waals surface area contributed by atoms with Crippen molar-refractivity contribution < 1.29 is 23.9 Å². The first-order chi connectivity index (χ1) is 9.31. The van der Waals surface area contributed by atoms with E-state index in [1.54, 1.807) is 0 Å². The summed E-state index contributed by atoms with van der Waals surface area (Å²) in [5.74, 6) is -1.03. The summed E-state index contributed by atoms with van der Waals surface area (Å²) in [7, 11) is 3.63. The van der Waals surface area contributed by atoms with Crippen LogP contribution in [-0.2, 0) is 14.3 Å². The van der Waals surface area contributed by atoms with Gasteiger partial charge in [-0.15, -0.1) is 0 Å². The van der Waals surface area contributed by atoms with E-state index >= 15 is 0 Å². The van der Waals surface area contributed by atoms with Crippen molar-refractivity contribution in [3.8, 4) is 0 Å². The molecule has 0 bridgehead atoms. The number of hydrogen-bond donors (Lipinski definition) is 1. The predicted octanol–water partition coefficient (Wildman–Crippen LogP) is 2.54. The predicted molar refractivity (Wildman–Crippen MR) is 82.9 cm³/mol. The van der Waals surface area contributed by atoms with Gasteiger partial charge in [0.2, 0.25) is 0 Å². The van der Waals surface area contributed by atoms with E-state index in [2.05, 4.69) is 20.8 Å². The zero-order chi connectivity index (χ0) is 16.9. The number of carboxylic acid groups (broad SMARTS) is 1. The first-order valence-corrected chi connectivity index (χ1v) is 7.52. The number of carboxylic acids is 1. The standard InChI is InChI=1S/C16H31NO4/c1-8-16(5,12-15(2,3)4)14(20)21-10-9-17(6,7)11-13(18)19/h8-12H2,1-7H3/p+1. The van der Waals surface area contributed by atoms with E-state index in [0.717, 1.165) is 12.8 Å². The van der Waals surface area contributed by atoms with Crippen molar-refractivity contribution in [2.75, 3.05) is 33.8 Å². The molecule has 124 valence electrons. The number of nitrogens with zero attached hydrogens (tertiary/aromatic N) is 1. The fraction of sp³-hybridized carbons (Fsp3) is 0.875. The van der Waals surface area contributed by atoms with Gasteiger partial charge in [-0.05, 0) is 25.2 Å². The van der Waals surface area contributed by atoms with E-state index in [9.17, 15) is 9.59 Å². The zero-order valence-electron chi connectivity index (χ0n) is 14.7. The Balaban J connectivity index is 4.50. The maximum absolute atomic E-state index is 12.3. The number of esters is 1. The van der Waals surface area contributed by atoms with Crippen molar-refractivity contribution in [2.24, 2.45) is 10.8 Å². The van der Waals surface area contributed by atoms with Gasteiger partial charge >= 0.3 is 11.9 Å². The molecule has 0 fully saturated rings. The van der Waals surface area contributed by atoms with Crippen LogP contribution in [0.5, 0.6) is 0 Å². The van der Waals surface area contributed by atoms with Crippen molar-refractivity contribution >= 4 is 11.9 Å². The molecular formula is C16H32NO4+. The molecular weight excluding hydrogens is 270 g/mol. The molecule has 0 rings (SSSR count). The lowest BCUT2D eigenvalue weighted by Crippen LogP contribution is -2.46. The van der Waals surface area contributed by atoms with Gasteiger partial charge in [0, 0.05) is 0 Å². The molecule has 0 aromatic heterocycles. The number of rotatable bonds is 8. The number of likely N-dealkylation sites (N-methyl/N-ethyl adjacent to an activating group) is 1. The normalized spacial score (nSPS) is 15.4. The summed E-state index contributed by atoms with van der Waals surface area (Å²) in [4.78, 5) is 23.1. The number of carbonyl (C=O) groups excluding carboxylic acids is 1. The minimum atomic E-state index is -0.850. The summed E-state index contributed by atoms with van der Waals surface area (Å²) in [6.45, 7) is 11.0. The van der Waals surface area contributed by atoms with Crippen molar-refractivity contribution in [3.63, 3.8) is 0 Å². The molecule has 1 atom stereocenters. The second kappa shape index (κ2) is 7.25. The van der Waals surface area contributed by atoms with E-state index in [1.165, 1.54) is 0 Å². The van der Waals surface area contributed by atoms with Gasteiger partial charge in [0.05, 0.1) is 19.5 Å². The molecule has 1 N–H and O–H groups in total. The highest BCUT2D eigenvalue weighted by atomic mass is 16.5. The van der Waals surface area contributed by atoms with Crippen molar-refractivity contribution in [1.82, 2.24) is 0 Å². The van der Waals surface area contributed by atoms with Crippen molar-refractivity contribution in [3.05, 3.63) is 0 Å². The van der Waals surface area contributed by atoms with Gasteiger partial charge in [-0.1, -0.05) is 27.7 Å². The Morgan fingerprint density at radius 2 is 1.67 bits per heavy atom. The van der Waals surface area contributed by atoms with Crippen LogP contribution in [0.3, 0.4) is 0 Å². The summed E-state index contributed by atoms with van der Waals surface area (Å²) < 4.78 is 5.71. The Morgan fingerprint density at radius 1 is 1.14 bits per heavy atom. The largest absolute Gasteiger partial charge is 0.477 e. The van der Waals surface area contributed by atoms with Crippen LogP contribution in [-0.4, -0.2) is 55.3 Å². The molecule has 1 unspecified atom stereocenters. The Hall–Kier alpha value is -1.10. The van der Waals surface area contributed by atoms with E-state index in [0.29, 0.717) is 11.0 Å². The molecule has 0 aliphatic carbocycles. The summed E-state index contributed by atoms with van der Waals surface area (Å²) in [6.07, 6.45) is 1.50. The van der Waals surface area contributed by atoms with Gasteiger partial charge in [-0.2, -0.15) is 0 Å². The van der Waals surface area contributed by atoms with Gasteiger partial charge in [0.1, 0.15) is 13.2 Å². The second-order valence-electron chi connectivity index (χ2n) is 8.00. The molecule has 21 heavy (non-hydrogen) atoms. The lowest BCUT2D eigenvalue weighted by atomic mass is 9.73. The average molecular weight is 302 g/mol. The topological polar surface area (TPSA) is 63.6 Å². The molecule has 0 radical (unpaired) electrons. The van der Waals surface area contributed by atoms with Crippen LogP contribution in [0.4, 0.5) is 0 Å². The number of hydrogen-bond acceptors (Lipinski definition) is 3. The lowest BCUT2D eigenvalue weighted by Gasteiger charge is -2.33. The first-order valence-electron chi connectivity index (χ1n) is 7.52. The Kier molecular flexibility index (Phi) is 6.87. The third kappa shape index (κ3) is 8.05. The highest BCUT2D eigenvalue weighted by molar-refractivity contribution is 5.76. The highest BCUT2D eigenvalue weighted by Gasteiger charge is 2.37. The number of aliphatic carboxylic acids is 1. The van der Waals surface area contributed by atoms with Crippen LogP contribution in [0.1, 0.15) is 47.5 Å². The average Bonchev–Trinajstić information content (AvgIpc) is 2.24. The molecule has 0 aromatic carbocycles. The maximum Gasteiger partial charge on any atom is 0.359 e. The van der Waals surface area contributed by atoms with Crippen molar-refractivity contribution in [1.29, 1.82) is 0 Å².